The first-order chi connectivity index (χ1) is 21.0. The molecule has 8 heteroatoms. The summed E-state index contributed by atoms with van der Waals surface area (Å²) in [5.74, 6) is 1.22. The molecule has 0 aliphatic carbocycles. The lowest BCUT2D eigenvalue weighted by Crippen LogP contribution is -2.29. The number of aryl methyl sites for hydroxylation is 1. The van der Waals surface area contributed by atoms with Crippen LogP contribution in [0, 0.1) is 5.92 Å². The van der Waals surface area contributed by atoms with Gasteiger partial charge in [0, 0.05) is 60.3 Å². The topological polar surface area (TPSA) is 104 Å². The van der Waals surface area contributed by atoms with E-state index < -0.39 is 0 Å². The normalized spacial score (nSPS) is 12.1. The van der Waals surface area contributed by atoms with E-state index in [1.165, 1.54) is 21.8 Å². The molecule has 0 spiro atoms. The summed E-state index contributed by atoms with van der Waals surface area (Å²) in [6.45, 7) is 8.09. The number of aldehydes is 1. The van der Waals surface area contributed by atoms with Crippen molar-refractivity contribution in [1.82, 2.24) is 19.9 Å². The summed E-state index contributed by atoms with van der Waals surface area (Å²) in [5.41, 5.74) is 6.77. The van der Waals surface area contributed by atoms with E-state index in [4.69, 9.17) is 4.98 Å². The largest absolute Gasteiger partial charge is 0.386 e. The first-order valence-corrected chi connectivity index (χ1v) is 15.5. The molecule has 43 heavy (non-hydrogen) atoms. The zero-order chi connectivity index (χ0) is 30.3. The summed E-state index contributed by atoms with van der Waals surface area (Å²) in [5, 5.41) is 8.65. The highest BCUT2D eigenvalue weighted by atomic mass is 16.1. The quantitative estimate of drug-likeness (QED) is 0.0924. The van der Waals surface area contributed by atoms with Gasteiger partial charge in [0.15, 0.2) is 6.29 Å². The van der Waals surface area contributed by atoms with Crippen LogP contribution in [0.25, 0.3) is 44.2 Å². The second kappa shape index (κ2) is 13.7. The Bertz CT molecular complexity index is 1770. The number of benzene rings is 3. The van der Waals surface area contributed by atoms with Crippen molar-refractivity contribution in [3.05, 3.63) is 54.6 Å². The molecular weight excluding hydrogens is 536 g/mol. The van der Waals surface area contributed by atoms with Crippen molar-refractivity contribution in [3.8, 4) is 11.4 Å². The zero-order valence-corrected chi connectivity index (χ0v) is 25.7. The number of rotatable bonds is 14. The zero-order valence-electron chi connectivity index (χ0n) is 25.7. The molecule has 5 aromatic rings. The predicted octanol–water partition coefficient (Wildman–Crippen LogP) is 7.78. The summed E-state index contributed by atoms with van der Waals surface area (Å²) >= 11 is 0. The van der Waals surface area contributed by atoms with Crippen molar-refractivity contribution >= 4 is 62.1 Å². The smallest absolute Gasteiger partial charge is 0.220 e. The summed E-state index contributed by atoms with van der Waals surface area (Å²) in [6, 6.07) is 18.8. The van der Waals surface area contributed by atoms with E-state index in [1.54, 1.807) is 0 Å². The molecule has 0 fully saturated rings. The molecule has 224 valence electrons. The van der Waals surface area contributed by atoms with Gasteiger partial charge < -0.3 is 20.2 Å². The number of para-hydroxylation sites is 1. The Morgan fingerprint density at radius 3 is 2.49 bits per heavy atom. The number of hydrogen-bond donors (Lipinski definition) is 3. The Balaban J connectivity index is 1.38. The lowest BCUT2D eigenvalue weighted by Gasteiger charge is -2.15. The van der Waals surface area contributed by atoms with Crippen LogP contribution in [-0.2, 0) is 16.1 Å². The Morgan fingerprint density at radius 2 is 1.77 bits per heavy atom. The average Bonchev–Trinajstić information content (AvgIpc) is 3.59. The van der Waals surface area contributed by atoms with Crippen LogP contribution in [-0.4, -0.2) is 46.0 Å². The molecule has 8 nitrogen and oxygen atoms in total. The average molecular weight is 579 g/mol. The number of nitrogens with zero attached hydrogens (tertiary/aromatic N) is 3. The number of amides is 1. The second-order valence-electron chi connectivity index (χ2n) is 11.2. The number of nitrogens with one attached hydrogen (secondary N) is 3. The van der Waals surface area contributed by atoms with Gasteiger partial charge in [-0.25, -0.2) is 9.98 Å². The van der Waals surface area contributed by atoms with Crippen LogP contribution in [0.15, 0.2) is 59.6 Å². The summed E-state index contributed by atoms with van der Waals surface area (Å²) in [7, 11) is 1.82. The molecule has 0 radical (unpaired) electrons. The summed E-state index contributed by atoms with van der Waals surface area (Å²) in [6.07, 6.45) is 5.69. The van der Waals surface area contributed by atoms with Gasteiger partial charge in [-0.2, -0.15) is 0 Å². The molecule has 0 aliphatic rings. The van der Waals surface area contributed by atoms with Crippen molar-refractivity contribution in [1.29, 1.82) is 0 Å². The maximum Gasteiger partial charge on any atom is 0.220 e. The molecule has 5 rings (SSSR count). The third-order valence-corrected chi connectivity index (χ3v) is 8.22. The highest BCUT2D eigenvalue weighted by Gasteiger charge is 2.15. The molecule has 3 N–H and O–H groups in total. The van der Waals surface area contributed by atoms with Gasteiger partial charge in [0.2, 0.25) is 5.91 Å². The van der Waals surface area contributed by atoms with Crippen LogP contribution < -0.4 is 10.6 Å². The van der Waals surface area contributed by atoms with Crippen LogP contribution in [0.5, 0.6) is 0 Å². The summed E-state index contributed by atoms with van der Waals surface area (Å²) < 4.78 is 2.33. The Hall–Kier alpha value is -4.46. The third kappa shape index (κ3) is 6.48. The lowest BCUT2D eigenvalue weighted by atomic mass is 9.98. The van der Waals surface area contributed by atoms with Crippen molar-refractivity contribution in [2.24, 2.45) is 10.9 Å². The van der Waals surface area contributed by atoms with E-state index in [2.05, 4.69) is 88.4 Å². The number of aromatic amines is 1. The number of carbonyl (C=O) groups is 2. The van der Waals surface area contributed by atoms with E-state index >= 15 is 0 Å². The fraction of sp³-hybridized carbons (Fsp3) is 0.371. The third-order valence-electron chi connectivity index (χ3n) is 8.22. The molecule has 0 aliphatic heterocycles. The number of hydrogen-bond acceptors (Lipinski definition) is 5. The van der Waals surface area contributed by atoms with Crippen molar-refractivity contribution in [2.75, 3.05) is 18.9 Å². The molecule has 0 bridgehead atoms. The number of anilines is 1. The Morgan fingerprint density at radius 1 is 1.00 bits per heavy atom. The van der Waals surface area contributed by atoms with Crippen molar-refractivity contribution in [2.45, 2.75) is 65.8 Å². The minimum Gasteiger partial charge on any atom is -0.386 e. The monoisotopic (exact) mass is 578 g/mol. The van der Waals surface area contributed by atoms with Gasteiger partial charge in [0.1, 0.15) is 5.82 Å². The van der Waals surface area contributed by atoms with Crippen LogP contribution >= 0.6 is 0 Å². The van der Waals surface area contributed by atoms with Crippen LogP contribution in [0.2, 0.25) is 0 Å². The molecule has 3 aromatic carbocycles. The van der Waals surface area contributed by atoms with E-state index in [-0.39, 0.29) is 18.7 Å². The minimum atomic E-state index is -0.0479. The van der Waals surface area contributed by atoms with Gasteiger partial charge in [-0.15, -0.1) is 0 Å². The minimum absolute atomic E-state index is 0.0479. The SMILES string of the molecule is CCCC(CCC)CNC(=O)CCC(C=O)=Nc1cc2[nH]c(-c3ccc4c(c3)c3ccccc3n4CC)nc2cc1NC. The van der Waals surface area contributed by atoms with E-state index in [0.29, 0.717) is 23.9 Å². The highest BCUT2D eigenvalue weighted by Crippen LogP contribution is 2.34. The predicted molar refractivity (Wildman–Crippen MR) is 178 cm³/mol. The fourth-order valence-corrected chi connectivity index (χ4v) is 6.07. The molecule has 0 atom stereocenters. The number of H-pyrrole nitrogens is 1. The Kier molecular flexibility index (Phi) is 9.55. The number of imidazole rings is 1. The van der Waals surface area contributed by atoms with E-state index in [0.717, 1.165) is 66.6 Å². The number of fused-ring (bicyclic) bond motifs is 4. The van der Waals surface area contributed by atoms with Gasteiger partial charge in [-0.3, -0.25) is 9.59 Å². The molecule has 0 saturated carbocycles. The van der Waals surface area contributed by atoms with Gasteiger partial charge in [0.25, 0.3) is 0 Å². The first kappa shape index (κ1) is 30.0. The number of aromatic nitrogens is 3. The van der Waals surface area contributed by atoms with Gasteiger partial charge >= 0.3 is 0 Å². The second-order valence-corrected chi connectivity index (χ2v) is 11.2. The molecule has 2 aromatic heterocycles. The van der Waals surface area contributed by atoms with Crippen molar-refractivity contribution in [3.63, 3.8) is 0 Å². The molecular formula is C35H42N6O2. The molecule has 0 saturated heterocycles. The molecule has 1 amide bonds. The highest BCUT2D eigenvalue weighted by molar-refractivity contribution is 6.29. The van der Waals surface area contributed by atoms with E-state index in [1.807, 2.05) is 19.2 Å². The van der Waals surface area contributed by atoms with Gasteiger partial charge in [-0.05, 0) is 62.1 Å². The van der Waals surface area contributed by atoms with Crippen molar-refractivity contribution < 1.29 is 9.59 Å². The van der Waals surface area contributed by atoms with Gasteiger partial charge in [-0.1, -0.05) is 44.9 Å². The fourth-order valence-electron chi connectivity index (χ4n) is 6.07. The molecule has 0 unspecified atom stereocenters. The first-order valence-electron chi connectivity index (χ1n) is 15.5. The lowest BCUT2D eigenvalue weighted by molar-refractivity contribution is -0.121. The van der Waals surface area contributed by atoms with Crippen LogP contribution in [0.4, 0.5) is 11.4 Å². The van der Waals surface area contributed by atoms with Gasteiger partial charge in [0.05, 0.1) is 28.1 Å². The number of aliphatic imine (C=N–C) groups is 1. The standard InChI is InChI=1S/C35H42N6O2/c1-5-10-23(11-6-2)21-37-34(43)17-15-25(22-42)38-29-20-31-30(19-28(29)36-4)39-35(40-31)24-14-16-33-27(18-24)26-12-8-9-13-32(26)41(33)7-3/h8-9,12-14,16,18-20,22-23,36H,5-7,10-11,15,17,21H2,1-4H3,(H,37,43)(H,39,40). The van der Waals surface area contributed by atoms with E-state index in [9.17, 15) is 9.59 Å². The van der Waals surface area contributed by atoms with Crippen LogP contribution in [0.3, 0.4) is 0 Å². The molecule has 2 heterocycles. The van der Waals surface area contributed by atoms with Crippen LogP contribution in [0.1, 0.15) is 59.3 Å². The maximum atomic E-state index is 12.5. The number of carbonyl (C=O) groups excluding carboxylic acids is 2. The Labute approximate surface area is 253 Å². The maximum absolute atomic E-state index is 12.5. The summed E-state index contributed by atoms with van der Waals surface area (Å²) in [4.78, 5) is 37.5.